The largest absolute Gasteiger partial charge is 0.361 e. The van der Waals surface area contributed by atoms with Gasteiger partial charge in [-0.1, -0.05) is 43.8 Å². The zero-order valence-electron chi connectivity index (χ0n) is 9.30. The summed E-state index contributed by atoms with van der Waals surface area (Å²) in [6.07, 6.45) is 3.85. The number of nitrogens with zero attached hydrogens (tertiary/aromatic N) is 1. The monoisotopic (exact) mass is 236 g/mol. The highest BCUT2D eigenvalue weighted by Gasteiger charge is 1.98. The Hall–Kier alpha value is -2.35. The van der Waals surface area contributed by atoms with Crippen LogP contribution < -0.4 is 0 Å². The SMILES string of the molecule is C.C(=Nc1ccccc1)c1cccc2cc[nH]c12. The molecule has 0 amide bonds. The average Bonchev–Trinajstić information content (AvgIpc) is 2.86. The number of rotatable bonds is 2. The quantitative estimate of drug-likeness (QED) is 0.632. The minimum absolute atomic E-state index is 0. The summed E-state index contributed by atoms with van der Waals surface area (Å²) in [5.41, 5.74) is 3.21. The van der Waals surface area contributed by atoms with Crippen molar-refractivity contribution < 1.29 is 0 Å². The molecule has 2 aromatic carbocycles. The van der Waals surface area contributed by atoms with Crippen molar-refractivity contribution in [2.24, 2.45) is 4.99 Å². The number of fused-ring (bicyclic) bond motifs is 1. The molecule has 0 aliphatic carbocycles. The van der Waals surface area contributed by atoms with Gasteiger partial charge in [-0.2, -0.15) is 0 Å². The predicted molar refractivity (Wildman–Crippen MR) is 78.7 cm³/mol. The van der Waals surface area contributed by atoms with E-state index in [1.807, 2.05) is 48.8 Å². The molecule has 0 fully saturated rings. The minimum atomic E-state index is 0. The summed E-state index contributed by atoms with van der Waals surface area (Å²) in [4.78, 5) is 7.69. The lowest BCUT2D eigenvalue weighted by Gasteiger charge is -1.96. The maximum absolute atomic E-state index is 4.46. The van der Waals surface area contributed by atoms with Crippen LogP contribution in [-0.2, 0) is 0 Å². The molecule has 0 aliphatic heterocycles. The van der Waals surface area contributed by atoms with E-state index in [9.17, 15) is 0 Å². The van der Waals surface area contributed by atoms with Gasteiger partial charge in [-0.3, -0.25) is 4.99 Å². The molecule has 18 heavy (non-hydrogen) atoms. The van der Waals surface area contributed by atoms with Gasteiger partial charge in [0.15, 0.2) is 0 Å². The van der Waals surface area contributed by atoms with Crippen LogP contribution in [0.15, 0.2) is 65.8 Å². The highest BCUT2D eigenvalue weighted by molar-refractivity contribution is 5.98. The van der Waals surface area contributed by atoms with Crippen molar-refractivity contribution in [3.05, 3.63) is 66.4 Å². The van der Waals surface area contributed by atoms with E-state index in [0.717, 1.165) is 16.8 Å². The van der Waals surface area contributed by atoms with Gasteiger partial charge >= 0.3 is 0 Å². The van der Waals surface area contributed by atoms with Crippen molar-refractivity contribution in [2.75, 3.05) is 0 Å². The van der Waals surface area contributed by atoms with Gasteiger partial charge in [0.1, 0.15) is 0 Å². The molecular weight excluding hydrogens is 220 g/mol. The number of hydrogen-bond acceptors (Lipinski definition) is 1. The summed E-state index contributed by atoms with van der Waals surface area (Å²) >= 11 is 0. The average molecular weight is 236 g/mol. The minimum Gasteiger partial charge on any atom is -0.361 e. The van der Waals surface area contributed by atoms with E-state index < -0.39 is 0 Å². The Morgan fingerprint density at radius 2 is 1.72 bits per heavy atom. The number of para-hydroxylation sites is 2. The second-order valence-corrected chi connectivity index (χ2v) is 3.88. The van der Waals surface area contributed by atoms with Crippen LogP contribution in [0.25, 0.3) is 10.9 Å². The van der Waals surface area contributed by atoms with Crippen molar-refractivity contribution in [1.29, 1.82) is 0 Å². The van der Waals surface area contributed by atoms with E-state index >= 15 is 0 Å². The van der Waals surface area contributed by atoms with E-state index in [1.54, 1.807) is 0 Å². The molecule has 0 saturated carbocycles. The van der Waals surface area contributed by atoms with Crippen molar-refractivity contribution in [2.45, 2.75) is 7.43 Å². The fourth-order valence-electron chi connectivity index (χ4n) is 1.87. The third kappa shape index (κ3) is 2.33. The molecule has 0 radical (unpaired) electrons. The summed E-state index contributed by atoms with van der Waals surface area (Å²) < 4.78 is 0. The third-order valence-corrected chi connectivity index (χ3v) is 2.73. The van der Waals surface area contributed by atoms with Gasteiger partial charge in [0.25, 0.3) is 0 Å². The first-order valence-electron chi connectivity index (χ1n) is 5.59. The van der Waals surface area contributed by atoms with Crippen LogP contribution in [0.1, 0.15) is 13.0 Å². The number of aliphatic imine (C=N–C) groups is 1. The van der Waals surface area contributed by atoms with E-state index in [2.05, 4.69) is 28.2 Å². The number of hydrogen-bond donors (Lipinski definition) is 1. The smallest absolute Gasteiger partial charge is 0.0629 e. The molecule has 0 bridgehead atoms. The normalized spacial score (nSPS) is 10.7. The summed E-state index contributed by atoms with van der Waals surface area (Å²) in [7, 11) is 0. The molecule has 0 saturated heterocycles. The second kappa shape index (κ2) is 5.32. The Morgan fingerprint density at radius 1 is 0.889 bits per heavy atom. The lowest BCUT2D eigenvalue weighted by Crippen LogP contribution is -1.82. The fourth-order valence-corrected chi connectivity index (χ4v) is 1.87. The number of benzene rings is 2. The van der Waals surface area contributed by atoms with Gasteiger partial charge in [0.05, 0.1) is 11.2 Å². The maximum atomic E-state index is 4.46. The Morgan fingerprint density at radius 3 is 2.56 bits per heavy atom. The first-order valence-corrected chi connectivity index (χ1v) is 5.59. The lowest BCUT2D eigenvalue weighted by molar-refractivity contribution is 1.46. The van der Waals surface area contributed by atoms with E-state index in [-0.39, 0.29) is 7.43 Å². The Kier molecular flexibility index (Phi) is 3.58. The maximum Gasteiger partial charge on any atom is 0.0629 e. The fraction of sp³-hybridized carbons (Fsp3) is 0.0625. The molecule has 3 rings (SSSR count). The summed E-state index contributed by atoms with van der Waals surface area (Å²) in [5.74, 6) is 0. The standard InChI is InChI=1S/C15H12N2.CH4/c1-2-7-14(8-3-1)17-11-13-6-4-5-12-9-10-16-15(12)13;/h1-11,16H;1H4. The van der Waals surface area contributed by atoms with Crippen LogP contribution in [0.2, 0.25) is 0 Å². The molecule has 0 atom stereocenters. The topological polar surface area (TPSA) is 28.1 Å². The van der Waals surface area contributed by atoms with Crippen LogP contribution in [0, 0.1) is 0 Å². The second-order valence-electron chi connectivity index (χ2n) is 3.88. The molecule has 3 aromatic rings. The Balaban J connectivity index is 0.00000120. The molecule has 90 valence electrons. The van der Waals surface area contributed by atoms with Crippen molar-refractivity contribution in [3.63, 3.8) is 0 Å². The first kappa shape index (κ1) is 12.1. The molecule has 1 heterocycles. The summed E-state index contributed by atoms with van der Waals surface area (Å²) in [6.45, 7) is 0. The molecule has 2 nitrogen and oxygen atoms in total. The highest BCUT2D eigenvalue weighted by atomic mass is 14.7. The highest BCUT2D eigenvalue weighted by Crippen LogP contribution is 2.16. The van der Waals surface area contributed by atoms with E-state index in [0.29, 0.717) is 0 Å². The zero-order chi connectivity index (χ0) is 11.5. The van der Waals surface area contributed by atoms with Crippen LogP contribution in [0.4, 0.5) is 5.69 Å². The van der Waals surface area contributed by atoms with Crippen molar-refractivity contribution in [1.82, 2.24) is 4.98 Å². The summed E-state index contributed by atoms with van der Waals surface area (Å²) in [5, 5.41) is 1.21. The predicted octanol–water partition coefficient (Wildman–Crippen LogP) is 4.55. The van der Waals surface area contributed by atoms with E-state index in [1.165, 1.54) is 5.39 Å². The first-order chi connectivity index (χ1) is 8.43. The van der Waals surface area contributed by atoms with Crippen LogP contribution in [-0.4, -0.2) is 11.2 Å². The molecule has 0 aliphatic rings. The zero-order valence-corrected chi connectivity index (χ0v) is 9.30. The van der Waals surface area contributed by atoms with Gasteiger partial charge in [-0.25, -0.2) is 0 Å². The van der Waals surface area contributed by atoms with Gasteiger partial charge < -0.3 is 4.98 Å². The van der Waals surface area contributed by atoms with Crippen molar-refractivity contribution in [3.8, 4) is 0 Å². The molecular formula is C16H16N2. The van der Waals surface area contributed by atoms with Gasteiger partial charge in [0.2, 0.25) is 0 Å². The van der Waals surface area contributed by atoms with Crippen LogP contribution in [0.5, 0.6) is 0 Å². The Bertz CT molecular complexity index is 651. The number of H-pyrrole nitrogens is 1. The molecule has 0 spiro atoms. The molecule has 1 N–H and O–H groups in total. The van der Waals surface area contributed by atoms with Crippen LogP contribution >= 0.6 is 0 Å². The molecule has 1 aromatic heterocycles. The third-order valence-electron chi connectivity index (χ3n) is 2.73. The lowest BCUT2D eigenvalue weighted by atomic mass is 10.1. The Labute approximate surface area is 107 Å². The number of aromatic amines is 1. The molecule has 2 heteroatoms. The van der Waals surface area contributed by atoms with Gasteiger partial charge in [-0.15, -0.1) is 0 Å². The van der Waals surface area contributed by atoms with Crippen LogP contribution in [0.3, 0.4) is 0 Å². The molecule has 0 unspecified atom stereocenters. The van der Waals surface area contributed by atoms with Gasteiger partial charge in [-0.05, 0) is 18.2 Å². The number of nitrogens with one attached hydrogen (secondary N) is 1. The summed E-state index contributed by atoms with van der Waals surface area (Å²) in [6, 6.07) is 18.2. The van der Waals surface area contributed by atoms with Gasteiger partial charge in [0, 0.05) is 23.4 Å². The van der Waals surface area contributed by atoms with E-state index in [4.69, 9.17) is 0 Å². The van der Waals surface area contributed by atoms with Crippen molar-refractivity contribution >= 4 is 22.8 Å². The number of aromatic nitrogens is 1.